The Kier molecular flexibility index (Phi) is 7.69. The molecule has 0 aromatic heterocycles. The topological polar surface area (TPSA) is 107 Å². The highest BCUT2D eigenvalue weighted by Gasteiger charge is 2.72. The Morgan fingerprint density at radius 3 is 1.62 bits per heavy atom. The van der Waals surface area contributed by atoms with Crippen LogP contribution in [0.2, 0.25) is 0 Å². The fourth-order valence-electron chi connectivity index (χ4n) is 7.44. The number of halogens is 2. The lowest BCUT2D eigenvalue weighted by molar-refractivity contribution is -0.122. The Labute approximate surface area is 303 Å². The summed E-state index contributed by atoms with van der Waals surface area (Å²) < 4.78 is 8.82. The molecule has 1 saturated heterocycles. The lowest BCUT2D eigenvalue weighted by atomic mass is 9.54. The number of carbonyl (C=O) groups excluding carboxylic acids is 5. The number of imide groups is 1. The van der Waals surface area contributed by atoms with Gasteiger partial charge in [0, 0.05) is 5.56 Å². The molecular weight excluding hydrogens is 766 g/mol. The average Bonchev–Trinajstić information content (AvgIpc) is 3.43. The van der Waals surface area contributed by atoms with E-state index in [1.54, 1.807) is 42.5 Å². The quantitative estimate of drug-likeness (QED) is 0.0558. The van der Waals surface area contributed by atoms with Crippen LogP contribution in [0.15, 0.2) is 127 Å². The number of hydrogen-bond donors (Lipinski definition) is 0. The van der Waals surface area contributed by atoms with Crippen LogP contribution >= 0.6 is 31.9 Å². The van der Waals surface area contributed by atoms with Gasteiger partial charge in [0.25, 0.3) is 0 Å². The molecular formula is C40H25Br2NO7. The number of nitrogens with zero attached hydrogens (tertiary/aromatic N) is 1. The van der Waals surface area contributed by atoms with Crippen LogP contribution in [0.3, 0.4) is 0 Å². The molecule has 1 fully saturated rings. The van der Waals surface area contributed by atoms with Crippen molar-refractivity contribution in [2.45, 2.75) is 8.65 Å². The molecule has 8 nitrogen and oxygen atoms in total. The van der Waals surface area contributed by atoms with Crippen LogP contribution < -0.4 is 9.64 Å². The molecule has 0 saturated carbocycles. The molecule has 5 aromatic carbocycles. The van der Waals surface area contributed by atoms with Crippen LogP contribution in [-0.2, 0) is 23.0 Å². The first kappa shape index (κ1) is 32.0. The molecule has 2 bridgehead atoms. The van der Waals surface area contributed by atoms with Crippen molar-refractivity contribution < 1.29 is 33.4 Å². The predicted octanol–water partition coefficient (Wildman–Crippen LogP) is 7.36. The molecule has 2 amide bonds. The van der Waals surface area contributed by atoms with Gasteiger partial charge in [-0.25, -0.2) is 14.5 Å². The number of amides is 2. The molecule has 0 unspecified atom stereocenters. The summed E-state index contributed by atoms with van der Waals surface area (Å²) >= 11 is 7.99. The molecule has 10 heteroatoms. The zero-order valence-electron chi connectivity index (χ0n) is 26.0. The van der Waals surface area contributed by atoms with Crippen molar-refractivity contribution in [3.05, 3.63) is 166 Å². The first-order valence-electron chi connectivity index (χ1n) is 15.8. The third kappa shape index (κ3) is 4.73. The van der Waals surface area contributed by atoms with E-state index in [2.05, 4.69) is 31.9 Å². The van der Waals surface area contributed by atoms with Gasteiger partial charge in [-0.3, -0.25) is 14.4 Å². The first-order chi connectivity index (χ1) is 24.1. The Balaban J connectivity index is 1.000. The maximum atomic E-state index is 14.4. The number of anilines is 1. The summed E-state index contributed by atoms with van der Waals surface area (Å²) in [5.74, 6) is -3.83. The molecule has 1 heterocycles. The number of Topliss-reactive ketones (excluding diaryl/α,β-unsaturated/α-hetero) is 1. The van der Waals surface area contributed by atoms with Gasteiger partial charge in [0.05, 0.1) is 37.3 Å². The van der Waals surface area contributed by atoms with Gasteiger partial charge in [0.15, 0.2) is 12.4 Å². The van der Waals surface area contributed by atoms with Gasteiger partial charge < -0.3 is 9.47 Å². The van der Waals surface area contributed by atoms with Gasteiger partial charge in [-0.15, -0.1) is 0 Å². The summed E-state index contributed by atoms with van der Waals surface area (Å²) in [5, 5.41) is 0. The number of esters is 2. The molecule has 5 aromatic rings. The second-order valence-electron chi connectivity index (χ2n) is 12.3. The van der Waals surface area contributed by atoms with Crippen LogP contribution in [-0.4, -0.2) is 36.1 Å². The third-order valence-corrected chi connectivity index (χ3v) is 12.4. The second-order valence-corrected chi connectivity index (χ2v) is 14.8. The predicted molar refractivity (Wildman–Crippen MR) is 191 cm³/mol. The number of benzene rings is 5. The van der Waals surface area contributed by atoms with E-state index in [0.29, 0.717) is 5.56 Å². The van der Waals surface area contributed by atoms with Gasteiger partial charge in [-0.2, -0.15) is 0 Å². The SMILES string of the molecule is O=C(COC(=O)c1cccc(N2C(=O)[C@@H]3[C@H](C2=O)C2(Br)c4ccccc4C3(Br)c3ccccc32)c1)c1ccc(OC(=O)c2ccccc2)cc1. The van der Waals surface area contributed by atoms with E-state index >= 15 is 0 Å². The summed E-state index contributed by atoms with van der Waals surface area (Å²) in [6, 6.07) is 36.2. The third-order valence-electron chi connectivity index (χ3n) is 9.66. The smallest absolute Gasteiger partial charge is 0.343 e. The van der Waals surface area contributed by atoms with Crippen molar-refractivity contribution in [1.82, 2.24) is 0 Å². The highest BCUT2D eigenvalue weighted by atomic mass is 79.9. The Morgan fingerprint density at radius 2 is 1.08 bits per heavy atom. The molecule has 9 rings (SSSR count). The van der Waals surface area contributed by atoms with Crippen molar-refractivity contribution in [2.75, 3.05) is 11.5 Å². The summed E-state index contributed by atoms with van der Waals surface area (Å²) in [4.78, 5) is 68.3. The van der Waals surface area contributed by atoms with Gasteiger partial charge in [0.1, 0.15) is 5.75 Å². The van der Waals surface area contributed by atoms with Gasteiger partial charge in [-0.1, -0.05) is 105 Å². The van der Waals surface area contributed by atoms with E-state index in [9.17, 15) is 24.0 Å². The van der Waals surface area contributed by atoms with Crippen molar-refractivity contribution in [3.63, 3.8) is 0 Å². The lowest BCUT2D eigenvalue weighted by Crippen LogP contribution is -2.56. The molecule has 0 N–H and O–H groups in total. The molecule has 1 aliphatic heterocycles. The zero-order chi connectivity index (χ0) is 34.8. The van der Waals surface area contributed by atoms with Crippen molar-refractivity contribution >= 4 is 67.1 Å². The molecule has 2 atom stereocenters. The van der Waals surface area contributed by atoms with Crippen LogP contribution in [0.1, 0.15) is 53.3 Å². The van der Waals surface area contributed by atoms with Crippen LogP contribution in [0.4, 0.5) is 5.69 Å². The maximum Gasteiger partial charge on any atom is 0.343 e. The number of ether oxygens (including phenoxy) is 2. The van der Waals surface area contributed by atoms with Crippen molar-refractivity contribution in [1.29, 1.82) is 0 Å². The van der Waals surface area contributed by atoms with E-state index in [0.717, 1.165) is 27.2 Å². The molecule has 246 valence electrons. The standard InChI is InChI=1S/C40H25Br2NO7/c41-39-28-13-4-5-14-29(28)40(42,31-16-7-6-15-30(31)39)34-33(39)35(45)43(36(34)46)26-12-8-11-25(21-26)37(47)49-22-32(44)23-17-19-27(20-18-23)50-38(48)24-9-2-1-3-10-24/h1-21,33-34H,22H2/t33-,34+,39?,40?. The van der Waals surface area contributed by atoms with Gasteiger partial charge >= 0.3 is 11.9 Å². The van der Waals surface area contributed by atoms with Crippen LogP contribution in [0, 0.1) is 11.8 Å². The number of carbonyl (C=O) groups is 5. The minimum Gasteiger partial charge on any atom is -0.454 e. The Morgan fingerprint density at radius 1 is 0.580 bits per heavy atom. The second kappa shape index (κ2) is 12.0. The molecule has 0 spiro atoms. The largest absolute Gasteiger partial charge is 0.454 e. The number of alkyl halides is 2. The lowest BCUT2D eigenvalue weighted by Gasteiger charge is -2.55. The fourth-order valence-corrected chi connectivity index (χ4v) is 9.74. The molecule has 0 radical (unpaired) electrons. The minimum absolute atomic E-state index is 0.0746. The summed E-state index contributed by atoms with van der Waals surface area (Å²) in [7, 11) is 0. The monoisotopic (exact) mass is 789 g/mol. The van der Waals surface area contributed by atoms with E-state index in [1.165, 1.54) is 36.4 Å². The van der Waals surface area contributed by atoms with E-state index < -0.39 is 44.8 Å². The minimum atomic E-state index is -0.944. The first-order valence-corrected chi connectivity index (χ1v) is 17.4. The highest BCUT2D eigenvalue weighted by Crippen LogP contribution is 2.70. The van der Waals surface area contributed by atoms with Crippen molar-refractivity contribution in [2.24, 2.45) is 11.8 Å². The fraction of sp³-hybridized carbons (Fsp3) is 0.125. The number of hydrogen-bond acceptors (Lipinski definition) is 7. The van der Waals surface area contributed by atoms with Crippen LogP contribution in [0.5, 0.6) is 5.75 Å². The zero-order valence-corrected chi connectivity index (χ0v) is 29.2. The van der Waals surface area contributed by atoms with Crippen LogP contribution in [0.25, 0.3) is 0 Å². The summed E-state index contributed by atoms with van der Waals surface area (Å²) in [5.41, 5.74) is 4.64. The highest BCUT2D eigenvalue weighted by molar-refractivity contribution is 9.10. The summed E-state index contributed by atoms with van der Waals surface area (Å²) in [6.07, 6.45) is 0. The molecule has 4 aliphatic rings. The maximum absolute atomic E-state index is 14.4. The van der Waals surface area contributed by atoms with E-state index in [1.807, 2.05) is 48.5 Å². The normalized spacial score (nSPS) is 22.7. The van der Waals surface area contributed by atoms with E-state index in [4.69, 9.17) is 9.47 Å². The van der Waals surface area contributed by atoms with Gasteiger partial charge in [-0.05, 0) is 76.9 Å². The van der Waals surface area contributed by atoms with Gasteiger partial charge in [0.2, 0.25) is 11.8 Å². The number of rotatable bonds is 7. The molecule has 50 heavy (non-hydrogen) atoms. The molecule has 3 aliphatic carbocycles. The van der Waals surface area contributed by atoms with E-state index in [-0.39, 0.29) is 34.4 Å². The number of ketones is 1. The Bertz CT molecular complexity index is 2130. The van der Waals surface area contributed by atoms with Crippen molar-refractivity contribution in [3.8, 4) is 5.75 Å². The summed E-state index contributed by atoms with van der Waals surface area (Å²) in [6.45, 7) is -0.549. The average molecular weight is 791 g/mol. The Hall–Kier alpha value is -5.19.